The quantitative estimate of drug-likeness (QED) is 0.339. The molecule has 0 heterocycles. The van der Waals surface area contributed by atoms with Crippen LogP contribution < -0.4 is 0 Å². The van der Waals surface area contributed by atoms with Gasteiger partial charge in [0.15, 0.2) is 0 Å². The van der Waals surface area contributed by atoms with Crippen molar-refractivity contribution in [3.8, 4) is 0 Å². The Kier molecular flexibility index (Phi) is 6.71. The predicted molar refractivity (Wildman–Crippen MR) is 87.8 cm³/mol. The highest BCUT2D eigenvalue weighted by atomic mass is 32.2. The van der Waals surface area contributed by atoms with E-state index in [1.54, 1.807) is 0 Å². The molecule has 3 aliphatic rings. The number of hydrogen-bond acceptors (Lipinski definition) is 7. The Hall–Kier alpha value is -0.210. The van der Waals surface area contributed by atoms with E-state index in [0.29, 0.717) is 11.2 Å². The van der Waals surface area contributed by atoms with E-state index >= 15 is 0 Å². The third kappa shape index (κ3) is 4.66. The Morgan fingerprint density at radius 2 is 1.65 bits per heavy atom. The summed E-state index contributed by atoms with van der Waals surface area (Å²) < 4.78 is 4.52. The van der Waals surface area contributed by atoms with Crippen LogP contribution in [-0.2, 0) is 9.37 Å². The molecule has 4 unspecified atom stereocenters. The average molecular weight is 344 g/mol. The summed E-state index contributed by atoms with van der Waals surface area (Å²) in [5, 5.41) is 31.8. The van der Waals surface area contributed by atoms with E-state index in [2.05, 4.69) is 19.6 Å². The molecule has 3 aliphatic carbocycles. The maximum atomic E-state index is 10.4. The van der Waals surface area contributed by atoms with Gasteiger partial charge < -0.3 is 5.11 Å². The third-order valence-corrected chi connectivity index (χ3v) is 6.73. The van der Waals surface area contributed by atoms with Gasteiger partial charge in [0.25, 0.3) is 0 Å². The lowest BCUT2D eigenvalue weighted by Gasteiger charge is -2.41. The van der Waals surface area contributed by atoms with Crippen molar-refractivity contribution in [1.29, 1.82) is 0 Å². The van der Waals surface area contributed by atoms with Gasteiger partial charge >= 0.3 is 0 Å². The summed E-state index contributed by atoms with van der Waals surface area (Å²) in [7, 11) is 0. The molecule has 0 radical (unpaired) electrons. The monoisotopic (exact) mass is 344 g/mol. The van der Waals surface area contributed by atoms with Crippen LogP contribution in [0.4, 0.5) is 0 Å². The maximum absolute atomic E-state index is 10.4. The number of azo groups is 1. The molecule has 0 bridgehead atoms. The standard InChI is InChI=1S/C16H28N2O4S/c19-15-10-5-11-3-1-2-4-14(11)16(15)18-17-12-6-8-13(9-7-12)23-22-21-20/h11-16,19-20H,1-10H2. The molecule has 23 heavy (non-hydrogen) atoms. The van der Waals surface area contributed by atoms with Crippen molar-refractivity contribution in [1.82, 2.24) is 0 Å². The molecule has 0 aromatic carbocycles. The summed E-state index contributed by atoms with van der Waals surface area (Å²) in [4.78, 5) is 0. The van der Waals surface area contributed by atoms with Crippen LogP contribution in [-0.4, -0.2) is 33.8 Å². The molecule has 132 valence electrons. The number of aliphatic hydroxyl groups is 1. The van der Waals surface area contributed by atoms with E-state index in [-0.39, 0.29) is 18.2 Å². The molecular weight excluding hydrogens is 316 g/mol. The first-order valence-electron chi connectivity index (χ1n) is 8.99. The molecular formula is C16H28N2O4S. The van der Waals surface area contributed by atoms with Gasteiger partial charge in [-0.2, -0.15) is 10.2 Å². The number of nitrogens with zero attached hydrogens (tertiary/aromatic N) is 2. The minimum atomic E-state index is -0.305. The zero-order chi connectivity index (χ0) is 16.1. The normalized spacial score (nSPS) is 41.8. The van der Waals surface area contributed by atoms with Gasteiger partial charge in [-0.1, -0.05) is 24.3 Å². The second-order valence-electron chi connectivity index (χ2n) is 7.24. The fraction of sp³-hybridized carbons (Fsp3) is 1.00. The van der Waals surface area contributed by atoms with Gasteiger partial charge in [0.1, 0.15) is 0 Å². The van der Waals surface area contributed by atoms with Gasteiger partial charge in [-0.3, -0.25) is 0 Å². The molecule has 3 rings (SSSR count). The second-order valence-corrected chi connectivity index (χ2v) is 8.24. The van der Waals surface area contributed by atoms with E-state index in [1.165, 1.54) is 37.7 Å². The average Bonchev–Trinajstić information content (AvgIpc) is 2.60. The van der Waals surface area contributed by atoms with Crippen LogP contribution in [0.1, 0.15) is 64.2 Å². The lowest BCUT2D eigenvalue weighted by atomic mass is 9.67. The number of fused-ring (bicyclic) bond motifs is 1. The summed E-state index contributed by atoms with van der Waals surface area (Å²) >= 11 is 1.18. The SMILES string of the molecule is OOOSC1CCC(N=NC2C(O)CCC3CCCCC32)CC1. The van der Waals surface area contributed by atoms with Crippen LogP contribution in [0.15, 0.2) is 10.2 Å². The molecule has 0 aliphatic heterocycles. The fourth-order valence-electron chi connectivity index (χ4n) is 4.55. The molecule has 0 saturated heterocycles. The summed E-state index contributed by atoms with van der Waals surface area (Å²) in [5.41, 5.74) is 0. The van der Waals surface area contributed by atoms with Crippen molar-refractivity contribution < 1.29 is 19.7 Å². The first-order valence-corrected chi connectivity index (χ1v) is 9.80. The fourth-order valence-corrected chi connectivity index (χ4v) is 5.16. The van der Waals surface area contributed by atoms with Gasteiger partial charge in [-0.15, -0.1) is 4.33 Å². The topological polar surface area (TPSA) is 83.6 Å². The molecule has 0 aromatic heterocycles. The van der Waals surface area contributed by atoms with E-state index in [4.69, 9.17) is 5.26 Å². The van der Waals surface area contributed by atoms with Crippen LogP contribution in [0.5, 0.6) is 0 Å². The van der Waals surface area contributed by atoms with E-state index in [1.807, 2.05) is 0 Å². The molecule has 2 N–H and O–H groups in total. The Morgan fingerprint density at radius 3 is 2.43 bits per heavy atom. The molecule has 7 heteroatoms. The van der Waals surface area contributed by atoms with Gasteiger partial charge in [-0.05, 0) is 56.8 Å². The van der Waals surface area contributed by atoms with Crippen molar-refractivity contribution in [3.05, 3.63) is 0 Å². The minimum Gasteiger partial charge on any atom is -0.391 e. The van der Waals surface area contributed by atoms with Crippen LogP contribution in [0.25, 0.3) is 0 Å². The largest absolute Gasteiger partial charge is 0.391 e. The van der Waals surface area contributed by atoms with Crippen LogP contribution in [0, 0.1) is 11.8 Å². The first kappa shape index (κ1) is 17.6. The highest BCUT2D eigenvalue weighted by Crippen LogP contribution is 2.42. The molecule has 0 aromatic rings. The van der Waals surface area contributed by atoms with E-state index in [0.717, 1.165) is 44.4 Å². The van der Waals surface area contributed by atoms with Crippen molar-refractivity contribution in [2.45, 2.75) is 87.6 Å². The summed E-state index contributed by atoms with van der Waals surface area (Å²) in [6.07, 6.45) is 10.8. The molecule has 6 nitrogen and oxygen atoms in total. The van der Waals surface area contributed by atoms with Crippen molar-refractivity contribution in [2.75, 3.05) is 0 Å². The van der Waals surface area contributed by atoms with Crippen molar-refractivity contribution >= 4 is 12.0 Å². The van der Waals surface area contributed by atoms with Gasteiger partial charge in [-0.25, -0.2) is 5.26 Å². The van der Waals surface area contributed by atoms with Gasteiger partial charge in [0, 0.05) is 17.3 Å². The lowest BCUT2D eigenvalue weighted by Crippen LogP contribution is -2.42. The Balaban J connectivity index is 1.50. The summed E-state index contributed by atoms with van der Waals surface area (Å²) in [6.45, 7) is 0. The lowest BCUT2D eigenvalue weighted by molar-refractivity contribution is -0.432. The van der Waals surface area contributed by atoms with Crippen molar-refractivity contribution in [3.63, 3.8) is 0 Å². The number of rotatable bonds is 5. The summed E-state index contributed by atoms with van der Waals surface area (Å²) in [5.74, 6) is 1.29. The minimum absolute atomic E-state index is 0.0206. The van der Waals surface area contributed by atoms with Crippen LogP contribution in [0.3, 0.4) is 0 Å². The summed E-state index contributed by atoms with van der Waals surface area (Å²) in [6, 6.07) is 0.283. The molecule has 0 spiro atoms. The maximum Gasteiger partial charge on any atom is 0.0997 e. The smallest absolute Gasteiger partial charge is 0.0997 e. The zero-order valence-electron chi connectivity index (χ0n) is 13.5. The van der Waals surface area contributed by atoms with E-state index in [9.17, 15) is 5.11 Å². The van der Waals surface area contributed by atoms with Gasteiger partial charge in [0.2, 0.25) is 0 Å². The number of hydrogen-bond donors (Lipinski definition) is 2. The highest BCUT2D eigenvalue weighted by Gasteiger charge is 2.40. The van der Waals surface area contributed by atoms with E-state index < -0.39 is 0 Å². The number of aliphatic hydroxyl groups excluding tert-OH is 1. The Bertz CT molecular complexity index is 390. The second kappa shape index (κ2) is 8.76. The predicted octanol–water partition coefficient (Wildman–Crippen LogP) is 4.15. The Morgan fingerprint density at radius 1 is 0.870 bits per heavy atom. The van der Waals surface area contributed by atoms with Crippen LogP contribution >= 0.6 is 12.0 Å². The first-order chi connectivity index (χ1) is 11.3. The highest BCUT2D eigenvalue weighted by molar-refractivity contribution is 7.95. The van der Waals surface area contributed by atoms with Crippen molar-refractivity contribution in [2.24, 2.45) is 22.1 Å². The van der Waals surface area contributed by atoms with Crippen LogP contribution in [0.2, 0.25) is 0 Å². The Labute approximate surface area is 142 Å². The molecule has 3 saturated carbocycles. The molecule has 0 amide bonds. The third-order valence-electron chi connectivity index (χ3n) is 5.85. The molecule has 4 atom stereocenters. The zero-order valence-corrected chi connectivity index (χ0v) is 14.4. The van der Waals surface area contributed by atoms with Gasteiger partial charge in [0.05, 0.1) is 18.2 Å². The molecule has 3 fully saturated rings.